The molecule has 0 unspecified atom stereocenters. The monoisotopic (exact) mass is 667 g/mol. The summed E-state index contributed by atoms with van der Waals surface area (Å²) < 4.78 is 24.7. The van der Waals surface area contributed by atoms with Gasteiger partial charge in [0.2, 0.25) is 0 Å². The molecule has 2 bridgehead atoms. The predicted molar refractivity (Wildman–Crippen MR) is 173 cm³/mol. The smallest absolute Gasteiger partial charge is 0.337 e. The Hall–Kier alpha value is -3.57. The van der Waals surface area contributed by atoms with Crippen molar-refractivity contribution in [1.29, 1.82) is 0 Å². The van der Waals surface area contributed by atoms with Gasteiger partial charge in [-0.25, -0.2) is 4.79 Å². The number of aliphatic hydroxyl groups is 1. The van der Waals surface area contributed by atoms with E-state index in [0.29, 0.717) is 5.57 Å². The van der Waals surface area contributed by atoms with Crippen LogP contribution in [0.3, 0.4) is 0 Å². The fraction of sp³-hybridized carbons (Fsp3) is 0.649. The minimum absolute atomic E-state index is 0.102. The van der Waals surface area contributed by atoms with E-state index in [9.17, 15) is 29.1 Å². The van der Waals surface area contributed by atoms with Gasteiger partial charge in [0.15, 0.2) is 6.10 Å². The number of esters is 4. The van der Waals surface area contributed by atoms with Gasteiger partial charge in [-0.2, -0.15) is 0 Å². The number of ketones is 1. The molecule has 0 radical (unpaired) electrons. The van der Waals surface area contributed by atoms with Crippen molar-refractivity contribution in [2.45, 2.75) is 104 Å². The van der Waals surface area contributed by atoms with Crippen molar-refractivity contribution in [1.82, 2.24) is 4.90 Å². The van der Waals surface area contributed by atoms with Crippen molar-refractivity contribution in [2.24, 2.45) is 33.5 Å². The van der Waals surface area contributed by atoms with Crippen LogP contribution in [0.2, 0.25) is 0 Å². The van der Waals surface area contributed by atoms with Crippen LogP contribution in [-0.2, 0) is 42.9 Å². The molecule has 11 atom stereocenters. The second kappa shape index (κ2) is 12.1. The third kappa shape index (κ3) is 4.63. The Labute approximate surface area is 282 Å². The van der Waals surface area contributed by atoms with Gasteiger partial charge in [0, 0.05) is 49.9 Å². The van der Waals surface area contributed by atoms with Crippen LogP contribution in [0.1, 0.15) is 79.3 Å². The van der Waals surface area contributed by atoms with Crippen LogP contribution in [0.5, 0.6) is 0 Å². The lowest BCUT2D eigenvalue weighted by Crippen LogP contribution is -2.63. The molecule has 0 saturated heterocycles. The second-order valence-corrected chi connectivity index (χ2v) is 15.2. The first-order valence-electron chi connectivity index (χ1n) is 16.7. The van der Waals surface area contributed by atoms with Gasteiger partial charge in [-0.15, -0.1) is 0 Å². The van der Waals surface area contributed by atoms with Crippen LogP contribution in [0.15, 0.2) is 42.5 Å². The molecule has 5 rings (SSSR count). The normalized spacial score (nSPS) is 37.6. The lowest BCUT2D eigenvalue weighted by molar-refractivity contribution is -0.194. The van der Waals surface area contributed by atoms with Gasteiger partial charge in [0.25, 0.3) is 0 Å². The molecule has 11 heteroatoms. The first-order chi connectivity index (χ1) is 22.3. The number of hydrogen-bond donors (Lipinski definition) is 1. The van der Waals surface area contributed by atoms with Crippen LogP contribution < -0.4 is 0 Å². The summed E-state index contributed by atoms with van der Waals surface area (Å²) in [5.74, 6) is -4.04. The number of benzene rings is 1. The Morgan fingerprint density at radius 1 is 0.896 bits per heavy atom. The molecule has 4 aliphatic rings. The maximum Gasteiger partial charge on any atom is 0.337 e. The molecule has 0 aromatic heterocycles. The standard InChI is InChI=1S/C37H49NO10/c1-19-26(42)18-25-30(45-21(3)39)37-20(2)27(48-33(44)29(43)28(38(9)10)24-14-12-11-13-15-24)16-17-35(37,8)31(46-22(4)40)32(47-23(5)41)36(19,37)34(25,6)7/h11-15,19,25,27-32,43H,2,16-18H2,1,3-10H3/t19-,25+,27-,28-,29+,30+,31-,32-,35-,36+,37+/m0/s1. The van der Waals surface area contributed by atoms with Crippen molar-refractivity contribution in [3.05, 3.63) is 48.0 Å². The van der Waals surface area contributed by atoms with E-state index in [1.54, 1.807) is 25.9 Å². The van der Waals surface area contributed by atoms with E-state index in [1.807, 2.05) is 51.1 Å². The number of Topliss-reactive ketones (excluding diaryl/α,β-unsaturated/α-hetero) is 1. The lowest BCUT2D eigenvalue weighted by Gasteiger charge is -2.60. The summed E-state index contributed by atoms with van der Waals surface area (Å²) in [6.07, 6.45) is -5.04. The number of fused-ring (bicyclic) bond motifs is 1. The van der Waals surface area contributed by atoms with Gasteiger partial charge in [-0.05, 0) is 43.5 Å². The average molecular weight is 668 g/mol. The molecule has 0 amide bonds. The molecule has 262 valence electrons. The number of likely N-dealkylation sites (N-methyl/N-ethyl adjacent to an activating group) is 1. The Morgan fingerprint density at radius 3 is 1.98 bits per heavy atom. The molecule has 48 heavy (non-hydrogen) atoms. The van der Waals surface area contributed by atoms with E-state index in [4.69, 9.17) is 18.9 Å². The van der Waals surface area contributed by atoms with E-state index in [1.165, 1.54) is 20.8 Å². The first kappa shape index (κ1) is 35.7. The molecule has 11 nitrogen and oxygen atoms in total. The quantitative estimate of drug-likeness (QED) is 0.244. The Bertz CT molecular complexity index is 1520. The summed E-state index contributed by atoms with van der Waals surface area (Å²) in [6.45, 7) is 16.1. The van der Waals surface area contributed by atoms with Crippen molar-refractivity contribution >= 4 is 29.7 Å². The van der Waals surface area contributed by atoms with Gasteiger partial charge in [0.1, 0.15) is 30.2 Å². The minimum atomic E-state index is -1.56. The van der Waals surface area contributed by atoms with Gasteiger partial charge < -0.3 is 24.1 Å². The highest BCUT2D eigenvalue weighted by Gasteiger charge is 2.92. The molecule has 4 aliphatic carbocycles. The highest BCUT2D eigenvalue weighted by molar-refractivity contribution is 5.86. The van der Waals surface area contributed by atoms with E-state index in [0.717, 1.165) is 5.56 Å². The molecule has 4 saturated carbocycles. The topological polar surface area (TPSA) is 146 Å². The van der Waals surface area contributed by atoms with Crippen molar-refractivity contribution in [3.8, 4) is 0 Å². The Kier molecular flexibility index (Phi) is 9.00. The Morgan fingerprint density at radius 2 is 1.44 bits per heavy atom. The number of nitrogens with zero attached hydrogens (tertiary/aromatic N) is 1. The molecule has 0 heterocycles. The van der Waals surface area contributed by atoms with E-state index >= 15 is 0 Å². The molecule has 0 aliphatic heterocycles. The largest absolute Gasteiger partial charge is 0.461 e. The van der Waals surface area contributed by atoms with Gasteiger partial charge in [0.05, 0.1) is 11.5 Å². The zero-order chi connectivity index (χ0) is 35.7. The van der Waals surface area contributed by atoms with Crippen molar-refractivity contribution in [2.75, 3.05) is 14.1 Å². The summed E-state index contributed by atoms with van der Waals surface area (Å²) >= 11 is 0. The van der Waals surface area contributed by atoms with Crippen LogP contribution in [0.4, 0.5) is 0 Å². The fourth-order valence-corrected chi connectivity index (χ4v) is 11.0. The SMILES string of the molecule is C=C1[C@@H](OC(=O)[C@H](O)[C@H](c2ccccc2)N(C)C)CC[C@@]2(C)[C@@H](OC(C)=O)[C@H](OC(C)=O)[C@@]34[C@@H](C)C(=O)C[C@H]([C@@H](OC(C)=O)[C@@]132)C4(C)C. The molecule has 4 fully saturated rings. The summed E-state index contributed by atoms with van der Waals surface area (Å²) in [4.78, 5) is 68.2. The van der Waals surface area contributed by atoms with Crippen LogP contribution in [0, 0.1) is 33.5 Å². The zero-order valence-electron chi connectivity index (χ0n) is 29.4. The number of ether oxygens (including phenoxy) is 4. The molecule has 1 aromatic carbocycles. The predicted octanol–water partition coefficient (Wildman–Crippen LogP) is 3.96. The zero-order valence-corrected chi connectivity index (χ0v) is 29.4. The average Bonchev–Trinajstić information content (AvgIpc) is 3.23. The number of aliphatic hydroxyl groups excluding tert-OH is 1. The minimum Gasteiger partial charge on any atom is -0.461 e. The third-order valence-corrected chi connectivity index (χ3v) is 12.5. The number of hydrogen-bond acceptors (Lipinski definition) is 11. The van der Waals surface area contributed by atoms with E-state index < -0.39 is 93.9 Å². The van der Waals surface area contributed by atoms with E-state index in [2.05, 4.69) is 6.58 Å². The number of rotatable bonds is 8. The van der Waals surface area contributed by atoms with Crippen LogP contribution in [-0.4, -0.2) is 84.3 Å². The summed E-state index contributed by atoms with van der Waals surface area (Å²) in [5.41, 5.74) is -3.48. The van der Waals surface area contributed by atoms with Crippen LogP contribution in [0.25, 0.3) is 0 Å². The first-order valence-corrected chi connectivity index (χ1v) is 16.7. The maximum absolute atomic E-state index is 14.0. The van der Waals surface area contributed by atoms with Crippen LogP contribution >= 0.6 is 0 Å². The molecular weight excluding hydrogens is 618 g/mol. The highest BCUT2D eigenvalue weighted by atomic mass is 16.6. The third-order valence-electron chi connectivity index (χ3n) is 12.5. The molecule has 2 spiro atoms. The molecule has 1 aromatic rings. The fourth-order valence-electron chi connectivity index (χ4n) is 11.0. The van der Waals surface area contributed by atoms with Gasteiger partial charge in [-0.3, -0.25) is 24.1 Å². The maximum atomic E-state index is 14.0. The van der Waals surface area contributed by atoms with Crippen molar-refractivity contribution < 1.29 is 48.0 Å². The van der Waals surface area contributed by atoms with Gasteiger partial charge in [-0.1, -0.05) is 64.6 Å². The Balaban J connectivity index is 1.71. The summed E-state index contributed by atoms with van der Waals surface area (Å²) in [7, 11) is 3.52. The van der Waals surface area contributed by atoms with Gasteiger partial charge >= 0.3 is 23.9 Å². The molecule has 1 N–H and O–H groups in total. The number of carbonyl (C=O) groups excluding carboxylic acids is 5. The van der Waals surface area contributed by atoms with E-state index in [-0.39, 0.29) is 25.0 Å². The summed E-state index contributed by atoms with van der Waals surface area (Å²) in [5, 5.41) is 11.4. The lowest BCUT2D eigenvalue weighted by atomic mass is 9.42. The van der Waals surface area contributed by atoms with Crippen molar-refractivity contribution in [3.63, 3.8) is 0 Å². The second-order valence-electron chi connectivity index (χ2n) is 15.2. The highest BCUT2D eigenvalue weighted by Crippen LogP contribution is 2.86. The summed E-state index contributed by atoms with van der Waals surface area (Å²) in [6, 6.07) is 8.42. The molecular formula is C37H49NO10. The number of carbonyl (C=O) groups is 5.